The molecule has 19 heavy (non-hydrogen) atoms. The SMILES string of the molecule is CCCN(CC)C(=O)c1cc(N)nc2ccccc12. The Kier molecular flexibility index (Phi) is 4.00. The highest BCUT2D eigenvalue weighted by Gasteiger charge is 2.17. The van der Waals surface area contributed by atoms with Crippen molar-refractivity contribution in [3.05, 3.63) is 35.9 Å². The van der Waals surface area contributed by atoms with Crippen LogP contribution in [0.1, 0.15) is 30.6 Å². The lowest BCUT2D eigenvalue weighted by Crippen LogP contribution is -2.31. The molecule has 1 amide bonds. The molecule has 2 rings (SSSR count). The molecule has 0 unspecified atom stereocenters. The van der Waals surface area contributed by atoms with E-state index >= 15 is 0 Å². The summed E-state index contributed by atoms with van der Waals surface area (Å²) in [5.41, 5.74) is 7.20. The van der Waals surface area contributed by atoms with Crippen molar-refractivity contribution < 1.29 is 4.79 Å². The average Bonchev–Trinajstić information content (AvgIpc) is 2.43. The number of benzene rings is 1. The van der Waals surface area contributed by atoms with Gasteiger partial charge < -0.3 is 10.6 Å². The monoisotopic (exact) mass is 257 g/mol. The van der Waals surface area contributed by atoms with Crippen molar-refractivity contribution in [3.63, 3.8) is 0 Å². The van der Waals surface area contributed by atoms with Gasteiger partial charge in [-0.25, -0.2) is 4.98 Å². The molecule has 0 aliphatic heterocycles. The molecule has 0 fully saturated rings. The maximum absolute atomic E-state index is 12.6. The summed E-state index contributed by atoms with van der Waals surface area (Å²) in [7, 11) is 0. The van der Waals surface area contributed by atoms with Crippen LogP contribution in [-0.2, 0) is 0 Å². The first-order chi connectivity index (χ1) is 9.17. The summed E-state index contributed by atoms with van der Waals surface area (Å²) in [6, 6.07) is 9.26. The minimum atomic E-state index is 0.0228. The third-order valence-electron chi connectivity index (χ3n) is 3.13. The summed E-state index contributed by atoms with van der Waals surface area (Å²) in [5, 5.41) is 0.858. The van der Waals surface area contributed by atoms with Gasteiger partial charge in [-0.2, -0.15) is 0 Å². The molecule has 0 saturated carbocycles. The third kappa shape index (κ3) is 2.67. The number of aromatic nitrogens is 1. The molecule has 1 aromatic carbocycles. The van der Waals surface area contributed by atoms with Crippen LogP contribution >= 0.6 is 0 Å². The second kappa shape index (κ2) is 5.69. The Morgan fingerprint density at radius 1 is 1.32 bits per heavy atom. The van der Waals surface area contributed by atoms with E-state index in [4.69, 9.17) is 5.73 Å². The van der Waals surface area contributed by atoms with Crippen molar-refractivity contribution in [2.45, 2.75) is 20.3 Å². The van der Waals surface area contributed by atoms with Crippen LogP contribution in [0.25, 0.3) is 10.9 Å². The Labute approximate surface area is 113 Å². The topological polar surface area (TPSA) is 59.2 Å². The lowest BCUT2D eigenvalue weighted by molar-refractivity contribution is 0.0766. The van der Waals surface area contributed by atoms with Crippen LogP contribution in [0.4, 0.5) is 5.82 Å². The Morgan fingerprint density at radius 2 is 2.05 bits per heavy atom. The number of carbonyl (C=O) groups is 1. The molecule has 100 valence electrons. The Morgan fingerprint density at radius 3 is 2.74 bits per heavy atom. The molecule has 2 N–H and O–H groups in total. The van der Waals surface area contributed by atoms with Crippen LogP contribution in [0.15, 0.2) is 30.3 Å². The molecule has 0 atom stereocenters. The van der Waals surface area contributed by atoms with Crippen molar-refractivity contribution in [1.82, 2.24) is 9.88 Å². The number of amides is 1. The van der Waals surface area contributed by atoms with Crippen molar-refractivity contribution in [2.75, 3.05) is 18.8 Å². The summed E-state index contributed by atoms with van der Waals surface area (Å²) in [4.78, 5) is 18.7. The minimum Gasteiger partial charge on any atom is -0.384 e. The predicted octanol–water partition coefficient (Wildman–Crippen LogP) is 2.69. The van der Waals surface area contributed by atoms with E-state index in [1.54, 1.807) is 6.07 Å². The number of hydrogen-bond acceptors (Lipinski definition) is 3. The number of rotatable bonds is 4. The highest BCUT2D eigenvalue weighted by molar-refractivity contribution is 6.06. The van der Waals surface area contributed by atoms with Crippen molar-refractivity contribution in [1.29, 1.82) is 0 Å². The highest BCUT2D eigenvalue weighted by atomic mass is 16.2. The maximum Gasteiger partial charge on any atom is 0.254 e. The van der Waals surface area contributed by atoms with Gasteiger partial charge in [-0.15, -0.1) is 0 Å². The van der Waals surface area contributed by atoms with Crippen molar-refractivity contribution in [2.24, 2.45) is 0 Å². The molecule has 0 radical (unpaired) electrons. The number of hydrogen-bond donors (Lipinski definition) is 1. The predicted molar refractivity (Wildman–Crippen MR) is 78.0 cm³/mol. The van der Waals surface area contributed by atoms with Crippen LogP contribution in [0, 0.1) is 0 Å². The van der Waals surface area contributed by atoms with Gasteiger partial charge in [0, 0.05) is 18.5 Å². The van der Waals surface area contributed by atoms with Gasteiger partial charge in [-0.3, -0.25) is 4.79 Å². The number of carbonyl (C=O) groups excluding carboxylic acids is 1. The van der Waals surface area contributed by atoms with E-state index in [0.717, 1.165) is 23.9 Å². The van der Waals surface area contributed by atoms with Crippen molar-refractivity contribution in [3.8, 4) is 0 Å². The second-order valence-electron chi connectivity index (χ2n) is 4.50. The van der Waals surface area contributed by atoms with Crippen LogP contribution in [-0.4, -0.2) is 28.9 Å². The summed E-state index contributed by atoms with van der Waals surface area (Å²) in [6.45, 7) is 5.50. The first-order valence-corrected chi connectivity index (χ1v) is 6.61. The van der Waals surface area contributed by atoms with Crippen LogP contribution in [0.3, 0.4) is 0 Å². The van der Waals surface area contributed by atoms with Gasteiger partial charge in [0.25, 0.3) is 5.91 Å². The molecule has 0 spiro atoms. The lowest BCUT2D eigenvalue weighted by Gasteiger charge is -2.21. The number of para-hydroxylation sites is 1. The van der Waals surface area contributed by atoms with Gasteiger partial charge in [-0.1, -0.05) is 25.1 Å². The Balaban J connectivity index is 2.52. The van der Waals surface area contributed by atoms with Gasteiger partial charge in [0.05, 0.1) is 11.1 Å². The normalized spacial score (nSPS) is 10.6. The number of anilines is 1. The molecule has 4 heteroatoms. The molecular weight excluding hydrogens is 238 g/mol. The van der Waals surface area contributed by atoms with Gasteiger partial charge in [0.2, 0.25) is 0 Å². The Hall–Kier alpha value is -2.10. The first kappa shape index (κ1) is 13.3. The van der Waals surface area contributed by atoms with Gasteiger partial charge in [0.1, 0.15) is 5.82 Å². The third-order valence-corrected chi connectivity index (χ3v) is 3.13. The van der Waals surface area contributed by atoms with Gasteiger partial charge in [-0.05, 0) is 25.5 Å². The number of nitrogens with two attached hydrogens (primary N) is 1. The van der Waals surface area contributed by atoms with Gasteiger partial charge in [0.15, 0.2) is 0 Å². The highest BCUT2D eigenvalue weighted by Crippen LogP contribution is 2.21. The van der Waals surface area contributed by atoms with E-state index in [1.165, 1.54) is 0 Å². The Bertz CT molecular complexity index is 595. The first-order valence-electron chi connectivity index (χ1n) is 6.61. The molecule has 0 bridgehead atoms. The van der Waals surface area contributed by atoms with Gasteiger partial charge >= 0.3 is 0 Å². The summed E-state index contributed by atoms with van der Waals surface area (Å²) in [6.07, 6.45) is 0.943. The zero-order valence-electron chi connectivity index (χ0n) is 11.4. The maximum atomic E-state index is 12.6. The largest absolute Gasteiger partial charge is 0.384 e. The number of nitrogens with zero attached hydrogens (tertiary/aromatic N) is 2. The molecule has 4 nitrogen and oxygen atoms in total. The molecule has 0 aliphatic rings. The van der Waals surface area contributed by atoms with Crippen LogP contribution in [0.2, 0.25) is 0 Å². The summed E-state index contributed by atoms with van der Waals surface area (Å²) in [5.74, 6) is 0.407. The number of nitrogen functional groups attached to an aromatic ring is 1. The minimum absolute atomic E-state index is 0.0228. The molecule has 2 aromatic rings. The fourth-order valence-corrected chi connectivity index (χ4v) is 2.22. The standard InChI is InChI=1S/C15H19N3O/c1-3-9-18(4-2)15(19)12-10-14(16)17-13-8-6-5-7-11(12)13/h5-8,10H,3-4,9H2,1-2H3,(H2,16,17). The van der Waals surface area contributed by atoms with Crippen molar-refractivity contribution >= 4 is 22.6 Å². The molecular formula is C15H19N3O. The smallest absolute Gasteiger partial charge is 0.254 e. The quantitative estimate of drug-likeness (QED) is 0.916. The van der Waals surface area contributed by atoms with E-state index < -0.39 is 0 Å². The number of fused-ring (bicyclic) bond motifs is 1. The second-order valence-corrected chi connectivity index (χ2v) is 4.50. The zero-order valence-corrected chi connectivity index (χ0v) is 11.4. The van der Waals surface area contributed by atoms with E-state index in [2.05, 4.69) is 11.9 Å². The van der Waals surface area contributed by atoms with E-state index in [0.29, 0.717) is 17.9 Å². The molecule has 1 aromatic heterocycles. The molecule has 1 heterocycles. The zero-order chi connectivity index (χ0) is 13.8. The lowest BCUT2D eigenvalue weighted by atomic mass is 10.1. The number of pyridine rings is 1. The molecule has 0 saturated heterocycles. The van der Waals surface area contributed by atoms with E-state index in [9.17, 15) is 4.79 Å². The molecule has 0 aliphatic carbocycles. The van der Waals surface area contributed by atoms with Crippen LogP contribution in [0.5, 0.6) is 0 Å². The fraction of sp³-hybridized carbons (Fsp3) is 0.333. The van der Waals surface area contributed by atoms with Crippen LogP contribution < -0.4 is 5.73 Å². The summed E-state index contributed by atoms with van der Waals surface area (Å²) < 4.78 is 0. The van der Waals surface area contributed by atoms with E-state index in [-0.39, 0.29) is 5.91 Å². The fourth-order valence-electron chi connectivity index (χ4n) is 2.22. The van der Waals surface area contributed by atoms with E-state index in [1.807, 2.05) is 36.1 Å². The average molecular weight is 257 g/mol. The summed E-state index contributed by atoms with van der Waals surface area (Å²) >= 11 is 0.